The number of halogens is 2. The van der Waals surface area contributed by atoms with Gasteiger partial charge >= 0.3 is 0 Å². The molecule has 0 aliphatic carbocycles. The summed E-state index contributed by atoms with van der Waals surface area (Å²) in [6.07, 6.45) is 4.99. The van der Waals surface area contributed by atoms with Crippen molar-refractivity contribution in [1.29, 1.82) is 0 Å². The van der Waals surface area contributed by atoms with Crippen LogP contribution in [0.3, 0.4) is 0 Å². The van der Waals surface area contributed by atoms with E-state index in [-0.39, 0.29) is 5.28 Å². The predicted molar refractivity (Wildman–Crippen MR) is 75.3 cm³/mol. The molecule has 0 saturated carbocycles. The minimum absolute atomic E-state index is 0.0834. The lowest BCUT2D eigenvalue weighted by Crippen LogP contribution is -2.04. The Morgan fingerprint density at radius 3 is 2.70 bits per heavy atom. The van der Waals surface area contributed by atoms with E-state index in [9.17, 15) is 0 Å². The van der Waals surface area contributed by atoms with E-state index in [4.69, 9.17) is 23.2 Å². The number of hydrogen-bond donors (Lipinski definition) is 0. The van der Waals surface area contributed by atoms with Gasteiger partial charge in [0.1, 0.15) is 5.03 Å². The first-order valence-corrected chi connectivity index (χ1v) is 6.99. The maximum absolute atomic E-state index is 6.05. The largest absolute Gasteiger partial charge is 0.255 e. The van der Waals surface area contributed by atoms with Gasteiger partial charge in [-0.25, -0.2) is 9.67 Å². The van der Waals surface area contributed by atoms with Crippen molar-refractivity contribution in [2.75, 3.05) is 0 Å². The summed E-state index contributed by atoms with van der Waals surface area (Å²) in [5.41, 5.74) is 0. The van der Waals surface area contributed by atoms with Gasteiger partial charge in [0.05, 0.1) is 5.02 Å². The molecular formula is C11H6Cl2N6S. The van der Waals surface area contributed by atoms with E-state index in [2.05, 4.69) is 25.0 Å². The second kappa shape index (κ2) is 5.74. The summed E-state index contributed by atoms with van der Waals surface area (Å²) in [6, 6.07) is 5.26. The Balaban J connectivity index is 1.97. The second-order valence-electron chi connectivity index (χ2n) is 3.53. The highest BCUT2D eigenvalue weighted by molar-refractivity contribution is 7.99. The summed E-state index contributed by atoms with van der Waals surface area (Å²) in [6.45, 7) is 0. The summed E-state index contributed by atoms with van der Waals surface area (Å²) in [7, 11) is 0. The van der Waals surface area contributed by atoms with Gasteiger partial charge in [-0.1, -0.05) is 11.6 Å². The summed E-state index contributed by atoms with van der Waals surface area (Å²) in [5.74, 6) is 0.338. The van der Waals surface area contributed by atoms with Crippen molar-refractivity contribution < 1.29 is 0 Å². The van der Waals surface area contributed by atoms with Crippen LogP contribution in [0.1, 0.15) is 0 Å². The molecule has 9 heteroatoms. The van der Waals surface area contributed by atoms with Gasteiger partial charge < -0.3 is 0 Å². The highest BCUT2D eigenvalue weighted by atomic mass is 35.5. The van der Waals surface area contributed by atoms with Gasteiger partial charge in [-0.3, -0.25) is 0 Å². The molecule has 0 fully saturated rings. The lowest BCUT2D eigenvalue weighted by molar-refractivity contribution is 0.758. The van der Waals surface area contributed by atoms with Gasteiger partial charge in [-0.05, 0) is 41.6 Å². The Kier molecular flexibility index (Phi) is 3.81. The minimum atomic E-state index is 0.0834. The number of rotatable bonds is 3. The van der Waals surface area contributed by atoms with Crippen LogP contribution >= 0.6 is 35.0 Å². The monoisotopic (exact) mass is 324 g/mol. The van der Waals surface area contributed by atoms with Crippen LogP contribution in [0.5, 0.6) is 0 Å². The van der Waals surface area contributed by atoms with Gasteiger partial charge in [-0.15, -0.1) is 0 Å². The highest BCUT2D eigenvalue weighted by Crippen LogP contribution is 2.29. The van der Waals surface area contributed by atoms with Gasteiger partial charge in [0.2, 0.25) is 5.28 Å². The molecule has 0 aromatic carbocycles. The summed E-state index contributed by atoms with van der Waals surface area (Å²) < 4.78 is 1.50. The lowest BCUT2D eigenvalue weighted by atomic mass is 10.5. The van der Waals surface area contributed by atoms with Gasteiger partial charge in [0, 0.05) is 18.6 Å². The van der Waals surface area contributed by atoms with E-state index in [0.29, 0.717) is 21.2 Å². The first kappa shape index (κ1) is 13.3. The van der Waals surface area contributed by atoms with E-state index in [0.717, 1.165) is 0 Å². The smallest absolute Gasteiger partial charge is 0.248 e. The van der Waals surface area contributed by atoms with E-state index >= 15 is 0 Å². The Hall–Kier alpha value is -1.70. The van der Waals surface area contributed by atoms with Crippen molar-refractivity contribution in [3.63, 3.8) is 0 Å². The summed E-state index contributed by atoms with van der Waals surface area (Å²) in [4.78, 5) is 16.5. The molecule has 0 radical (unpaired) electrons. The molecule has 0 N–H and O–H groups in total. The van der Waals surface area contributed by atoms with Crippen molar-refractivity contribution in [3.05, 3.63) is 47.1 Å². The molecular weight excluding hydrogens is 319 g/mol. The average molecular weight is 325 g/mol. The Bertz CT molecular complexity index is 734. The molecule has 0 unspecified atom stereocenters. The van der Waals surface area contributed by atoms with Crippen LogP contribution in [0, 0.1) is 0 Å². The topological polar surface area (TPSA) is 69.4 Å². The van der Waals surface area contributed by atoms with Crippen molar-refractivity contribution in [3.8, 4) is 5.95 Å². The van der Waals surface area contributed by atoms with E-state index in [1.54, 1.807) is 36.8 Å². The average Bonchev–Trinajstić information content (AvgIpc) is 2.95. The second-order valence-corrected chi connectivity index (χ2v) is 5.23. The molecule has 0 aliphatic rings. The minimum Gasteiger partial charge on any atom is -0.248 e. The molecule has 0 spiro atoms. The third-order valence-electron chi connectivity index (χ3n) is 2.20. The molecule has 0 atom stereocenters. The standard InChI is InChI=1S/C11H6Cl2N6S/c12-7-3-1-4-14-8(7)20-11-17-9(13)16-10(18-11)19-6-2-5-15-19/h1-6H. The molecule has 0 aliphatic heterocycles. The molecule has 3 aromatic rings. The fraction of sp³-hybridized carbons (Fsp3) is 0. The molecule has 20 heavy (non-hydrogen) atoms. The van der Waals surface area contributed by atoms with Crippen molar-refractivity contribution in [1.82, 2.24) is 29.7 Å². The molecule has 3 rings (SSSR count). The van der Waals surface area contributed by atoms with E-state index in [1.807, 2.05) is 0 Å². The zero-order valence-corrected chi connectivity index (χ0v) is 12.1. The molecule has 0 bridgehead atoms. The van der Waals surface area contributed by atoms with Crippen LogP contribution in [-0.2, 0) is 0 Å². The number of nitrogens with zero attached hydrogens (tertiary/aromatic N) is 6. The van der Waals surface area contributed by atoms with Crippen LogP contribution in [-0.4, -0.2) is 29.7 Å². The SMILES string of the molecule is Clc1nc(Sc2ncccc2Cl)nc(-n2cccn2)n1. The maximum Gasteiger partial charge on any atom is 0.255 e. The Morgan fingerprint density at radius 1 is 1.05 bits per heavy atom. The van der Waals surface area contributed by atoms with Gasteiger partial charge in [0.15, 0.2) is 5.16 Å². The predicted octanol–water partition coefficient (Wildman–Crippen LogP) is 2.91. The van der Waals surface area contributed by atoms with Crippen molar-refractivity contribution >= 4 is 35.0 Å². The van der Waals surface area contributed by atoms with Gasteiger partial charge in [0.25, 0.3) is 5.95 Å². The first-order chi connectivity index (χ1) is 9.72. The molecule has 6 nitrogen and oxygen atoms in total. The van der Waals surface area contributed by atoms with Crippen LogP contribution < -0.4 is 0 Å². The molecule has 3 heterocycles. The van der Waals surface area contributed by atoms with Crippen LogP contribution in [0.2, 0.25) is 10.3 Å². The molecule has 100 valence electrons. The molecule has 3 aromatic heterocycles. The zero-order chi connectivity index (χ0) is 13.9. The van der Waals surface area contributed by atoms with E-state index in [1.165, 1.54) is 16.4 Å². The van der Waals surface area contributed by atoms with Gasteiger partial charge in [-0.2, -0.15) is 20.1 Å². The summed E-state index contributed by atoms with van der Waals surface area (Å²) in [5, 5.41) is 5.65. The van der Waals surface area contributed by atoms with Crippen LogP contribution in [0.15, 0.2) is 47.0 Å². The Morgan fingerprint density at radius 2 is 1.95 bits per heavy atom. The van der Waals surface area contributed by atoms with Crippen LogP contribution in [0.4, 0.5) is 0 Å². The van der Waals surface area contributed by atoms with Crippen LogP contribution in [0.25, 0.3) is 5.95 Å². The normalized spacial score (nSPS) is 10.7. The molecule has 0 amide bonds. The molecule has 0 saturated heterocycles. The fourth-order valence-corrected chi connectivity index (χ4v) is 2.54. The highest BCUT2D eigenvalue weighted by Gasteiger charge is 2.11. The lowest BCUT2D eigenvalue weighted by Gasteiger charge is -2.04. The Labute approximate surface area is 128 Å². The summed E-state index contributed by atoms with van der Waals surface area (Å²) >= 11 is 13.2. The van der Waals surface area contributed by atoms with E-state index < -0.39 is 0 Å². The number of pyridine rings is 1. The quantitative estimate of drug-likeness (QED) is 0.737. The zero-order valence-electron chi connectivity index (χ0n) is 9.81. The fourth-order valence-electron chi connectivity index (χ4n) is 1.39. The first-order valence-electron chi connectivity index (χ1n) is 5.42. The third-order valence-corrected chi connectivity index (χ3v) is 3.67. The van der Waals surface area contributed by atoms with Crippen molar-refractivity contribution in [2.45, 2.75) is 10.2 Å². The van der Waals surface area contributed by atoms with Crippen molar-refractivity contribution in [2.24, 2.45) is 0 Å². The number of hydrogen-bond acceptors (Lipinski definition) is 6. The third kappa shape index (κ3) is 2.90. The maximum atomic E-state index is 6.05. The number of aromatic nitrogens is 6.